The smallest absolute Gasteiger partial charge is 0.412 e. The van der Waals surface area contributed by atoms with Gasteiger partial charge in [-0.2, -0.15) is 4.98 Å². The highest BCUT2D eigenvalue weighted by Crippen LogP contribution is 2.32. The number of anilines is 2. The zero-order valence-electron chi connectivity index (χ0n) is 22.6. The normalized spacial score (nSPS) is 12.3. The van der Waals surface area contributed by atoms with Crippen molar-refractivity contribution in [1.29, 1.82) is 0 Å². The van der Waals surface area contributed by atoms with Crippen LogP contribution in [0.1, 0.15) is 45.7 Å². The first kappa shape index (κ1) is 30.9. The van der Waals surface area contributed by atoms with E-state index in [9.17, 15) is 24.6 Å². The standard InChI is InChI=1S/C27H32I2N4O6/c1-7-32(8-2)23(35)19(13-15-11-16(28)22(34)17(29)12-15)31-25-30-18-9-10-20(14(3)21(18)24(36)39-25)33(26(37)38)27(4,5)6/h9-12,19,34H,7-8,13H2,1-6H3,(H,30,31)(H,37,38)/t19-/m0/s1. The number of amides is 2. The molecule has 1 heterocycles. The Hall–Kier alpha value is -2.62. The van der Waals surface area contributed by atoms with E-state index in [1.54, 1.807) is 56.9 Å². The van der Waals surface area contributed by atoms with E-state index in [-0.39, 0.29) is 29.5 Å². The second kappa shape index (κ2) is 12.3. The van der Waals surface area contributed by atoms with Crippen molar-refractivity contribution in [3.63, 3.8) is 0 Å². The molecule has 2 amide bonds. The number of fused-ring (bicyclic) bond motifs is 1. The Bertz CT molecular complexity index is 1440. The van der Waals surface area contributed by atoms with Crippen molar-refractivity contribution in [1.82, 2.24) is 9.88 Å². The van der Waals surface area contributed by atoms with Gasteiger partial charge in [0.25, 0.3) is 6.01 Å². The Balaban J connectivity index is 2.07. The van der Waals surface area contributed by atoms with Crippen molar-refractivity contribution in [3.8, 4) is 5.75 Å². The molecule has 12 heteroatoms. The molecule has 3 rings (SSSR count). The van der Waals surface area contributed by atoms with Crippen LogP contribution < -0.4 is 15.8 Å². The number of aromatic nitrogens is 1. The minimum atomic E-state index is -1.14. The van der Waals surface area contributed by atoms with E-state index in [4.69, 9.17) is 4.42 Å². The molecule has 10 nitrogen and oxygen atoms in total. The van der Waals surface area contributed by atoms with Gasteiger partial charge in [0, 0.05) is 25.0 Å². The molecule has 0 saturated carbocycles. The maximum absolute atomic E-state index is 13.4. The molecule has 0 unspecified atom stereocenters. The number of benzene rings is 2. The predicted octanol–water partition coefficient (Wildman–Crippen LogP) is 5.59. The number of halogens is 2. The molecule has 0 radical (unpaired) electrons. The summed E-state index contributed by atoms with van der Waals surface area (Å²) in [5.41, 5.74) is 0.492. The molecule has 1 aromatic heterocycles. The van der Waals surface area contributed by atoms with E-state index in [1.165, 1.54) is 4.90 Å². The van der Waals surface area contributed by atoms with E-state index in [2.05, 4.69) is 10.3 Å². The van der Waals surface area contributed by atoms with Crippen molar-refractivity contribution in [2.45, 2.75) is 59.5 Å². The third kappa shape index (κ3) is 6.76. The van der Waals surface area contributed by atoms with Crippen LogP contribution in [0, 0.1) is 14.1 Å². The number of aryl methyl sites for hydroxylation is 1. The lowest BCUT2D eigenvalue weighted by molar-refractivity contribution is -0.131. The van der Waals surface area contributed by atoms with Crippen molar-refractivity contribution in [3.05, 3.63) is 53.0 Å². The van der Waals surface area contributed by atoms with Gasteiger partial charge in [-0.15, -0.1) is 0 Å². The molecular formula is C27H32I2N4O6. The summed E-state index contributed by atoms with van der Waals surface area (Å²) in [6.45, 7) is 11.7. The second-order valence-electron chi connectivity index (χ2n) is 10.0. The zero-order chi connectivity index (χ0) is 29.2. The lowest BCUT2D eigenvalue weighted by Crippen LogP contribution is -2.45. The molecule has 3 aromatic rings. The molecule has 0 fully saturated rings. The van der Waals surface area contributed by atoms with Crippen LogP contribution in [0.2, 0.25) is 0 Å². The van der Waals surface area contributed by atoms with Crippen molar-refractivity contribution in [2.24, 2.45) is 0 Å². The van der Waals surface area contributed by atoms with Gasteiger partial charge in [-0.3, -0.25) is 9.69 Å². The van der Waals surface area contributed by atoms with Crippen LogP contribution in [0.25, 0.3) is 10.9 Å². The average Bonchev–Trinajstić information content (AvgIpc) is 2.83. The number of aromatic hydroxyl groups is 1. The maximum atomic E-state index is 13.4. The van der Waals surface area contributed by atoms with Crippen LogP contribution in [0.3, 0.4) is 0 Å². The fourth-order valence-corrected chi connectivity index (χ4v) is 6.34. The summed E-state index contributed by atoms with van der Waals surface area (Å²) in [6, 6.07) is 5.90. The summed E-state index contributed by atoms with van der Waals surface area (Å²) < 4.78 is 6.85. The van der Waals surface area contributed by atoms with E-state index in [1.807, 2.05) is 59.0 Å². The fraction of sp³-hybridized carbons (Fsp3) is 0.407. The topological polar surface area (TPSA) is 136 Å². The average molecular weight is 762 g/mol. The van der Waals surface area contributed by atoms with E-state index < -0.39 is 23.3 Å². The number of nitrogens with one attached hydrogen (secondary N) is 1. The Morgan fingerprint density at radius 3 is 2.23 bits per heavy atom. The Kier molecular flexibility index (Phi) is 9.73. The largest absolute Gasteiger partial charge is 0.506 e. The van der Waals surface area contributed by atoms with E-state index >= 15 is 0 Å². The lowest BCUT2D eigenvalue weighted by Gasteiger charge is -2.34. The number of likely N-dealkylation sites (N-methyl/N-ethyl adjacent to an activating group) is 1. The molecule has 0 aliphatic rings. The number of phenols is 1. The third-order valence-electron chi connectivity index (χ3n) is 6.32. The number of phenolic OH excluding ortho intramolecular Hbond substituents is 1. The van der Waals surface area contributed by atoms with Crippen LogP contribution in [-0.4, -0.2) is 56.8 Å². The first-order chi connectivity index (χ1) is 18.2. The van der Waals surface area contributed by atoms with Crippen LogP contribution in [-0.2, 0) is 11.2 Å². The number of carboxylic acid groups (broad SMARTS) is 1. The highest BCUT2D eigenvalue weighted by molar-refractivity contribution is 14.1. The highest BCUT2D eigenvalue weighted by atomic mass is 127. The van der Waals surface area contributed by atoms with E-state index in [0.717, 1.165) is 5.56 Å². The van der Waals surface area contributed by atoms with Crippen LogP contribution in [0.15, 0.2) is 33.5 Å². The van der Waals surface area contributed by atoms with Gasteiger partial charge in [0.1, 0.15) is 11.8 Å². The number of nitrogens with zero attached hydrogens (tertiary/aromatic N) is 3. The monoisotopic (exact) mass is 762 g/mol. The molecule has 1 atom stereocenters. The van der Waals surface area contributed by atoms with Gasteiger partial charge >= 0.3 is 11.7 Å². The molecule has 0 saturated heterocycles. The quantitative estimate of drug-likeness (QED) is 0.253. The number of rotatable bonds is 8. The molecule has 210 valence electrons. The summed E-state index contributed by atoms with van der Waals surface area (Å²) in [5, 5.41) is 23.2. The van der Waals surface area contributed by atoms with E-state index in [0.29, 0.717) is 37.0 Å². The van der Waals surface area contributed by atoms with Gasteiger partial charge < -0.3 is 24.8 Å². The van der Waals surface area contributed by atoms with Gasteiger partial charge in [0.15, 0.2) is 0 Å². The molecule has 0 spiro atoms. The van der Waals surface area contributed by atoms with Crippen molar-refractivity contribution < 1.29 is 24.2 Å². The maximum Gasteiger partial charge on any atom is 0.412 e. The molecule has 0 aliphatic heterocycles. The first-order valence-corrected chi connectivity index (χ1v) is 14.5. The molecule has 39 heavy (non-hydrogen) atoms. The van der Waals surface area contributed by atoms with Gasteiger partial charge in [0.2, 0.25) is 5.91 Å². The SMILES string of the molecule is CCN(CC)C(=O)[C@H](Cc1cc(I)c(O)c(I)c1)Nc1nc2ccc(N(C(=O)O)C(C)(C)C)c(C)c2c(=O)o1. The van der Waals surface area contributed by atoms with Crippen LogP contribution >= 0.6 is 45.2 Å². The highest BCUT2D eigenvalue weighted by Gasteiger charge is 2.31. The number of carbonyl (C=O) groups excluding carboxylic acids is 1. The first-order valence-electron chi connectivity index (χ1n) is 12.4. The van der Waals surface area contributed by atoms with Crippen LogP contribution in [0.4, 0.5) is 16.5 Å². The van der Waals surface area contributed by atoms with Gasteiger partial charge in [0.05, 0.1) is 23.7 Å². The second-order valence-corrected chi connectivity index (χ2v) is 12.3. The summed E-state index contributed by atoms with van der Waals surface area (Å²) >= 11 is 4.08. The number of hydrogen-bond donors (Lipinski definition) is 3. The Labute approximate surface area is 254 Å². The minimum absolute atomic E-state index is 0.112. The van der Waals surface area contributed by atoms with Crippen LogP contribution in [0.5, 0.6) is 5.75 Å². The van der Waals surface area contributed by atoms with Crippen molar-refractivity contribution in [2.75, 3.05) is 23.3 Å². The molecule has 0 aliphatic carbocycles. The molecule has 2 aromatic carbocycles. The van der Waals surface area contributed by atoms with Gasteiger partial charge in [-0.05, 0) is 122 Å². The third-order valence-corrected chi connectivity index (χ3v) is 7.96. The summed E-state index contributed by atoms with van der Waals surface area (Å²) in [5.74, 6) is 0.000766. The summed E-state index contributed by atoms with van der Waals surface area (Å²) in [6.07, 6.45) is -0.876. The Morgan fingerprint density at radius 2 is 1.72 bits per heavy atom. The lowest BCUT2D eigenvalue weighted by atomic mass is 10.0. The molecule has 0 bridgehead atoms. The predicted molar refractivity (Wildman–Crippen MR) is 168 cm³/mol. The number of hydrogen-bond acceptors (Lipinski definition) is 7. The zero-order valence-corrected chi connectivity index (χ0v) is 26.9. The van der Waals surface area contributed by atoms with Crippen molar-refractivity contribution >= 4 is 79.8 Å². The fourth-order valence-electron chi connectivity index (χ4n) is 4.44. The molecular weight excluding hydrogens is 730 g/mol. The molecule has 3 N–H and O–H groups in total. The minimum Gasteiger partial charge on any atom is -0.506 e. The Morgan fingerprint density at radius 1 is 1.13 bits per heavy atom. The van der Waals surface area contributed by atoms with Gasteiger partial charge in [-0.25, -0.2) is 9.59 Å². The number of carbonyl (C=O) groups is 2. The van der Waals surface area contributed by atoms with Gasteiger partial charge in [-0.1, -0.05) is 0 Å². The summed E-state index contributed by atoms with van der Waals surface area (Å²) in [7, 11) is 0. The summed E-state index contributed by atoms with van der Waals surface area (Å²) in [4.78, 5) is 46.0.